The summed E-state index contributed by atoms with van der Waals surface area (Å²) in [5.41, 5.74) is 0.106. The summed E-state index contributed by atoms with van der Waals surface area (Å²) in [5.74, 6) is -0.615. The smallest absolute Gasteiger partial charge is 0.338 e. The lowest BCUT2D eigenvalue weighted by Gasteiger charge is -2.15. The Morgan fingerprint density at radius 3 is 2.58 bits per heavy atom. The van der Waals surface area contributed by atoms with Crippen LogP contribution in [0.1, 0.15) is 17.3 Å². The van der Waals surface area contributed by atoms with Crippen molar-refractivity contribution in [2.45, 2.75) is 11.8 Å². The molecule has 0 aliphatic heterocycles. The third kappa shape index (κ3) is 3.44. The summed E-state index contributed by atoms with van der Waals surface area (Å²) < 4.78 is 29.6. The molecule has 0 bridgehead atoms. The maximum Gasteiger partial charge on any atom is 0.338 e. The number of esters is 1. The summed E-state index contributed by atoms with van der Waals surface area (Å²) >= 11 is 5.85. The fourth-order valence-electron chi connectivity index (χ4n) is 1.28. The van der Waals surface area contributed by atoms with Crippen LogP contribution in [0, 0.1) is 0 Å². The Kier molecular flexibility index (Phi) is 5.30. The molecule has 0 saturated carbocycles. The van der Waals surface area contributed by atoms with Gasteiger partial charge in [0.15, 0.2) is 0 Å². The Labute approximate surface area is 116 Å². The summed E-state index contributed by atoms with van der Waals surface area (Å²) in [7, 11) is -1.49. The van der Waals surface area contributed by atoms with Crippen molar-refractivity contribution in [2.75, 3.05) is 20.8 Å². The van der Waals surface area contributed by atoms with Crippen LogP contribution in [0.3, 0.4) is 0 Å². The average Bonchev–Trinajstić information content (AvgIpc) is 2.38. The molecule has 0 saturated heterocycles. The number of nitrogens with zero attached hydrogens (tertiary/aromatic N) is 1. The minimum absolute atomic E-state index is 0.00283. The van der Waals surface area contributed by atoms with Gasteiger partial charge in [0.2, 0.25) is 0 Å². The highest BCUT2D eigenvalue weighted by atomic mass is 35.5. The molecular formula is C11H14ClNO5S. The van der Waals surface area contributed by atoms with E-state index in [-0.39, 0.29) is 22.1 Å². The first-order valence-corrected chi connectivity index (χ1v) is 7.16. The largest absolute Gasteiger partial charge is 0.462 e. The van der Waals surface area contributed by atoms with E-state index in [2.05, 4.69) is 4.84 Å². The predicted molar refractivity (Wildman–Crippen MR) is 69.4 cm³/mol. The van der Waals surface area contributed by atoms with Gasteiger partial charge in [-0.05, 0) is 25.1 Å². The van der Waals surface area contributed by atoms with Gasteiger partial charge in [0, 0.05) is 7.05 Å². The second kappa shape index (κ2) is 6.33. The Morgan fingerprint density at radius 1 is 1.42 bits per heavy atom. The van der Waals surface area contributed by atoms with E-state index >= 15 is 0 Å². The number of sulfonamides is 1. The molecule has 0 amide bonds. The molecule has 0 unspecified atom stereocenters. The maximum absolute atomic E-state index is 12.1. The van der Waals surface area contributed by atoms with Crippen LogP contribution in [0.5, 0.6) is 0 Å². The lowest BCUT2D eigenvalue weighted by Crippen LogP contribution is -2.26. The molecule has 0 aliphatic rings. The lowest BCUT2D eigenvalue weighted by molar-refractivity contribution is -0.0258. The predicted octanol–water partition coefficient (Wildman–Crippen LogP) is 1.70. The Morgan fingerprint density at radius 2 is 2.05 bits per heavy atom. The molecule has 6 nitrogen and oxygen atoms in total. The Hall–Kier alpha value is -1.15. The summed E-state index contributed by atoms with van der Waals surface area (Å²) in [6.07, 6.45) is 0. The molecule has 19 heavy (non-hydrogen) atoms. The number of benzene rings is 1. The summed E-state index contributed by atoms with van der Waals surface area (Å²) in [4.78, 5) is 16.0. The van der Waals surface area contributed by atoms with Crippen LogP contribution < -0.4 is 0 Å². The van der Waals surface area contributed by atoms with Crippen molar-refractivity contribution in [2.24, 2.45) is 0 Å². The molecule has 1 aromatic carbocycles. The minimum Gasteiger partial charge on any atom is -0.462 e. The van der Waals surface area contributed by atoms with Crippen molar-refractivity contribution in [1.82, 2.24) is 4.47 Å². The highest BCUT2D eigenvalue weighted by molar-refractivity contribution is 7.89. The molecule has 1 rings (SSSR count). The van der Waals surface area contributed by atoms with Crippen molar-refractivity contribution < 1.29 is 22.8 Å². The van der Waals surface area contributed by atoms with E-state index in [9.17, 15) is 13.2 Å². The first kappa shape index (κ1) is 15.9. The second-order valence-electron chi connectivity index (χ2n) is 3.46. The first-order valence-electron chi connectivity index (χ1n) is 5.34. The van der Waals surface area contributed by atoms with E-state index in [1.54, 1.807) is 6.92 Å². The molecule has 0 radical (unpaired) electrons. The first-order chi connectivity index (χ1) is 8.84. The fourth-order valence-corrected chi connectivity index (χ4v) is 2.75. The van der Waals surface area contributed by atoms with Gasteiger partial charge in [-0.15, -0.1) is 0 Å². The molecule has 1 aromatic rings. The van der Waals surface area contributed by atoms with Crippen LogP contribution in [0.2, 0.25) is 5.02 Å². The van der Waals surface area contributed by atoms with Gasteiger partial charge >= 0.3 is 5.97 Å². The Balaban J connectivity index is 3.29. The van der Waals surface area contributed by atoms with Gasteiger partial charge in [0.1, 0.15) is 4.90 Å². The van der Waals surface area contributed by atoms with Crippen LogP contribution in [0.15, 0.2) is 23.1 Å². The molecule has 0 spiro atoms. The van der Waals surface area contributed by atoms with Crippen molar-refractivity contribution in [1.29, 1.82) is 0 Å². The van der Waals surface area contributed by atoms with Gasteiger partial charge in [-0.2, -0.15) is 0 Å². The number of halogens is 1. The number of rotatable bonds is 5. The zero-order valence-electron chi connectivity index (χ0n) is 10.7. The standard InChI is InChI=1S/C11H14ClNO5S/c1-4-18-11(14)8-5-6-9(12)10(7-8)19(15,16)13(2)17-3/h5-7H,4H2,1-3H3. The van der Waals surface area contributed by atoms with E-state index < -0.39 is 16.0 Å². The maximum atomic E-state index is 12.1. The number of hydrogen-bond acceptors (Lipinski definition) is 5. The molecule has 0 aromatic heterocycles. The Bertz CT molecular complexity index is 572. The highest BCUT2D eigenvalue weighted by Gasteiger charge is 2.25. The average molecular weight is 308 g/mol. The van der Waals surface area contributed by atoms with Crippen molar-refractivity contribution in [3.8, 4) is 0 Å². The number of carbonyl (C=O) groups is 1. The summed E-state index contributed by atoms with van der Waals surface area (Å²) in [6.45, 7) is 1.85. The molecule has 0 aliphatic carbocycles. The van der Waals surface area contributed by atoms with E-state index in [4.69, 9.17) is 16.3 Å². The van der Waals surface area contributed by atoms with E-state index in [1.807, 2.05) is 0 Å². The third-order valence-corrected chi connectivity index (χ3v) is 4.48. The van der Waals surface area contributed by atoms with Crippen LogP contribution in [-0.4, -0.2) is 39.6 Å². The van der Waals surface area contributed by atoms with Gasteiger partial charge < -0.3 is 4.74 Å². The van der Waals surface area contributed by atoms with Crippen LogP contribution in [0.25, 0.3) is 0 Å². The van der Waals surface area contributed by atoms with Crippen LogP contribution >= 0.6 is 11.6 Å². The van der Waals surface area contributed by atoms with E-state index in [1.165, 1.54) is 26.3 Å². The van der Waals surface area contributed by atoms with Crippen LogP contribution in [-0.2, 0) is 19.6 Å². The number of ether oxygens (including phenoxy) is 1. The topological polar surface area (TPSA) is 72.9 Å². The molecular weight excluding hydrogens is 294 g/mol. The van der Waals surface area contributed by atoms with Gasteiger partial charge in [0.05, 0.1) is 24.3 Å². The monoisotopic (exact) mass is 307 g/mol. The van der Waals surface area contributed by atoms with Gasteiger partial charge in [-0.1, -0.05) is 16.1 Å². The van der Waals surface area contributed by atoms with Crippen molar-refractivity contribution in [3.63, 3.8) is 0 Å². The van der Waals surface area contributed by atoms with Crippen molar-refractivity contribution in [3.05, 3.63) is 28.8 Å². The van der Waals surface area contributed by atoms with Gasteiger partial charge in [0.25, 0.3) is 10.0 Å². The highest BCUT2D eigenvalue weighted by Crippen LogP contribution is 2.25. The summed E-state index contributed by atoms with van der Waals surface area (Å²) in [5, 5.41) is -0.00283. The third-order valence-electron chi connectivity index (χ3n) is 2.32. The van der Waals surface area contributed by atoms with E-state index in [0.717, 1.165) is 6.07 Å². The molecule has 106 valence electrons. The lowest BCUT2D eigenvalue weighted by atomic mass is 10.2. The van der Waals surface area contributed by atoms with Crippen molar-refractivity contribution >= 4 is 27.6 Å². The zero-order valence-corrected chi connectivity index (χ0v) is 12.3. The molecule has 0 heterocycles. The molecule has 0 N–H and O–H groups in total. The SMILES string of the molecule is CCOC(=O)c1ccc(Cl)c(S(=O)(=O)N(C)OC)c1. The normalized spacial score (nSPS) is 11.6. The quantitative estimate of drug-likeness (QED) is 0.611. The van der Waals surface area contributed by atoms with Gasteiger partial charge in [-0.25, -0.2) is 13.2 Å². The van der Waals surface area contributed by atoms with E-state index in [0.29, 0.717) is 4.47 Å². The summed E-state index contributed by atoms with van der Waals surface area (Å²) in [6, 6.07) is 3.88. The molecule has 0 fully saturated rings. The minimum atomic E-state index is -3.92. The zero-order chi connectivity index (χ0) is 14.6. The number of hydroxylamine groups is 1. The number of carbonyl (C=O) groups excluding carboxylic acids is 1. The molecule has 0 atom stereocenters. The van der Waals surface area contributed by atoms with Gasteiger partial charge in [-0.3, -0.25) is 4.84 Å². The van der Waals surface area contributed by atoms with Crippen LogP contribution in [0.4, 0.5) is 0 Å². The molecule has 8 heteroatoms. The number of hydrogen-bond donors (Lipinski definition) is 0. The second-order valence-corrected chi connectivity index (χ2v) is 5.77. The fraction of sp³-hybridized carbons (Fsp3) is 0.364.